The molecule has 0 aliphatic heterocycles. The predicted molar refractivity (Wildman–Crippen MR) is 87.0 cm³/mol. The molecule has 2 aromatic rings. The quantitative estimate of drug-likeness (QED) is 0.650. The van der Waals surface area contributed by atoms with E-state index < -0.39 is 5.91 Å². The molecule has 0 aliphatic rings. The first-order valence-electron chi connectivity index (χ1n) is 6.74. The molecule has 0 heterocycles. The van der Waals surface area contributed by atoms with E-state index in [1.165, 1.54) is 18.3 Å². The number of amides is 1. The minimum absolute atomic E-state index is 0.0907. The van der Waals surface area contributed by atoms with Gasteiger partial charge in [-0.2, -0.15) is 5.26 Å². The molecule has 116 valence electrons. The average Bonchev–Trinajstić information content (AvgIpc) is 2.55. The maximum Gasteiger partial charge on any atom is 0.267 e. The van der Waals surface area contributed by atoms with Gasteiger partial charge in [-0.25, -0.2) is 4.39 Å². The molecule has 0 unspecified atom stereocenters. The second-order valence-electron chi connectivity index (χ2n) is 4.61. The molecule has 0 aromatic heterocycles. The Morgan fingerprint density at radius 3 is 2.57 bits per heavy atom. The Morgan fingerprint density at radius 2 is 1.91 bits per heavy atom. The predicted octanol–water partition coefficient (Wildman–Crippen LogP) is 3.61. The highest BCUT2D eigenvalue weighted by molar-refractivity contribution is 6.33. The number of hydrogen-bond acceptors (Lipinski definition) is 3. The monoisotopic (exact) mass is 329 g/mol. The van der Waals surface area contributed by atoms with E-state index in [-0.39, 0.29) is 11.4 Å². The van der Waals surface area contributed by atoms with Crippen molar-refractivity contribution in [3.05, 3.63) is 76.7 Å². The van der Waals surface area contributed by atoms with Crippen molar-refractivity contribution in [3.63, 3.8) is 0 Å². The molecule has 2 N–H and O–H groups in total. The van der Waals surface area contributed by atoms with Crippen molar-refractivity contribution in [3.8, 4) is 6.07 Å². The van der Waals surface area contributed by atoms with E-state index in [1.807, 2.05) is 6.07 Å². The molecule has 0 bridgehead atoms. The highest BCUT2D eigenvalue weighted by atomic mass is 35.5. The highest BCUT2D eigenvalue weighted by Gasteiger charge is 2.10. The summed E-state index contributed by atoms with van der Waals surface area (Å²) >= 11 is 5.95. The molecule has 6 heteroatoms. The van der Waals surface area contributed by atoms with Gasteiger partial charge in [0.1, 0.15) is 17.5 Å². The van der Waals surface area contributed by atoms with Crippen LogP contribution in [0, 0.1) is 17.1 Å². The smallest absolute Gasteiger partial charge is 0.267 e. The van der Waals surface area contributed by atoms with Crippen LogP contribution in [0.3, 0.4) is 0 Å². The normalized spacial score (nSPS) is 10.7. The molecule has 0 aliphatic carbocycles. The van der Waals surface area contributed by atoms with Crippen molar-refractivity contribution in [2.24, 2.45) is 0 Å². The lowest BCUT2D eigenvalue weighted by Gasteiger charge is -2.06. The molecule has 0 radical (unpaired) electrons. The Balaban J connectivity index is 1.98. The summed E-state index contributed by atoms with van der Waals surface area (Å²) in [6, 6.07) is 14.5. The van der Waals surface area contributed by atoms with Crippen LogP contribution in [-0.2, 0) is 11.3 Å². The van der Waals surface area contributed by atoms with E-state index in [9.17, 15) is 9.18 Å². The summed E-state index contributed by atoms with van der Waals surface area (Å²) in [4.78, 5) is 12.0. The number of para-hydroxylation sites is 1. The molecule has 2 rings (SSSR count). The third-order valence-corrected chi connectivity index (χ3v) is 3.28. The van der Waals surface area contributed by atoms with Gasteiger partial charge < -0.3 is 10.6 Å². The Morgan fingerprint density at radius 1 is 1.22 bits per heavy atom. The summed E-state index contributed by atoms with van der Waals surface area (Å²) in [7, 11) is 0. The molecule has 0 fully saturated rings. The van der Waals surface area contributed by atoms with Crippen molar-refractivity contribution in [1.82, 2.24) is 5.32 Å². The van der Waals surface area contributed by atoms with Gasteiger partial charge in [-0.1, -0.05) is 35.9 Å². The van der Waals surface area contributed by atoms with Crippen LogP contribution in [0.4, 0.5) is 10.1 Å². The van der Waals surface area contributed by atoms with Gasteiger partial charge in [0.2, 0.25) is 0 Å². The van der Waals surface area contributed by atoms with Gasteiger partial charge in [0.05, 0.1) is 10.7 Å². The summed E-state index contributed by atoms with van der Waals surface area (Å²) in [6.07, 6.45) is 1.32. The molecule has 23 heavy (non-hydrogen) atoms. The van der Waals surface area contributed by atoms with Crippen molar-refractivity contribution >= 4 is 23.2 Å². The largest absolute Gasteiger partial charge is 0.386 e. The van der Waals surface area contributed by atoms with E-state index >= 15 is 0 Å². The van der Waals surface area contributed by atoms with Crippen molar-refractivity contribution in [2.45, 2.75) is 6.54 Å². The third kappa shape index (κ3) is 4.83. The molecule has 1 amide bonds. The molecular weight excluding hydrogens is 317 g/mol. The lowest BCUT2D eigenvalue weighted by atomic mass is 10.2. The Bertz CT molecular complexity index is 766. The average molecular weight is 330 g/mol. The zero-order chi connectivity index (χ0) is 16.7. The molecule has 0 saturated carbocycles. The van der Waals surface area contributed by atoms with Crippen molar-refractivity contribution < 1.29 is 9.18 Å². The number of nitrogens with zero attached hydrogens (tertiary/aromatic N) is 1. The molecule has 0 atom stereocenters. The first-order valence-corrected chi connectivity index (χ1v) is 7.12. The molecular formula is C17H13ClFN3O. The maximum atomic E-state index is 12.8. The summed E-state index contributed by atoms with van der Waals surface area (Å²) in [6.45, 7) is 0.366. The van der Waals surface area contributed by atoms with Gasteiger partial charge in [0, 0.05) is 12.7 Å². The summed E-state index contributed by atoms with van der Waals surface area (Å²) in [5.74, 6) is -0.881. The van der Waals surface area contributed by atoms with Crippen LogP contribution >= 0.6 is 11.6 Å². The number of carbonyl (C=O) groups is 1. The van der Waals surface area contributed by atoms with Crippen molar-refractivity contribution in [1.29, 1.82) is 5.26 Å². The van der Waals surface area contributed by atoms with E-state index in [0.29, 0.717) is 17.3 Å². The fraction of sp³-hybridized carbons (Fsp3) is 0.0588. The molecule has 4 nitrogen and oxygen atoms in total. The second-order valence-corrected chi connectivity index (χ2v) is 5.02. The first kappa shape index (κ1) is 16.5. The number of hydrogen-bond donors (Lipinski definition) is 2. The molecule has 0 saturated heterocycles. The van der Waals surface area contributed by atoms with Crippen LogP contribution in [0.25, 0.3) is 0 Å². The van der Waals surface area contributed by atoms with Crippen LogP contribution in [0.15, 0.2) is 60.3 Å². The van der Waals surface area contributed by atoms with Crippen LogP contribution in [0.1, 0.15) is 5.56 Å². The third-order valence-electron chi connectivity index (χ3n) is 2.95. The number of anilines is 1. The fourth-order valence-electron chi connectivity index (χ4n) is 1.77. The maximum absolute atomic E-state index is 12.8. The fourth-order valence-corrected chi connectivity index (χ4v) is 1.96. The minimum Gasteiger partial charge on any atom is -0.386 e. The molecule has 0 spiro atoms. The zero-order valence-electron chi connectivity index (χ0n) is 12.0. The van der Waals surface area contributed by atoms with Crippen molar-refractivity contribution in [2.75, 3.05) is 5.32 Å². The van der Waals surface area contributed by atoms with E-state index in [1.54, 1.807) is 36.4 Å². The Hall–Kier alpha value is -2.84. The highest BCUT2D eigenvalue weighted by Crippen LogP contribution is 2.20. The van der Waals surface area contributed by atoms with Gasteiger partial charge in [-0.05, 0) is 29.8 Å². The number of nitrogens with one attached hydrogen (secondary N) is 2. The van der Waals surface area contributed by atoms with Crippen LogP contribution in [0.2, 0.25) is 5.02 Å². The van der Waals surface area contributed by atoms with Crippen LogP contribution < -0.4 is 10.6 Å². The number of nitriles is 1. The number of halogens is 2. The summed E-state index contributed by atoms with van der Waals surface area (Å²) in [5, 5.41) is 14.9. The zero-order valence-corrected chi connectivity index (χ0v) is 12.8. The van der Waals surface area contributed by atoms with Gasteiger partial charge >= 0.3 is 0 Å². The number of benzene rings is 2. The number of rotatable bonds is 5. The van der Waals surface area contributed by atoms with E-state index in [2.05, 4.69) is 10.6 Å². The van der Waals surface area contributed by atoms with Gasteiger partial charge in [-0.3, -0.25) is 4.79 Å². The van der Waals surface area contributed by atoms with Crippen LogP contribution in [0.5, 0.6) is 0 Å². The van der Waals surface area contributed by atoms with E-state index in [0.717, 1.165) is 5.56 Å². The van der Waals surface area contributed by atoms with Gasteiger partial charge in [0.25, 0.3) is 5.91 Å². The Labute approximate surface area is 138 Å². The lowest BCUT2D eigenvalue weighted by molar-refractivity contribution is -0.112. The lowest BCUT2D eigenvalue weighted by Crippen LogP contribution is -2.16. The Kier molecular flexibility index (Phi) is 5.73. The summed E-state index contributed by atoms with van der Waals surface area (Å²) < 4.78 is 12.8. The first-order chi connectivity index (χ1) is 11.1. The second kappa shape index (κ2) is 7.97. The topological polar surface area (TPSA) is 64.9 Å². The summed E-state index contributed by atoms with van der Waals surface area (Å²) in [5.41, 5.74) is 1.16. The van der Waals surface area contributed by atoms with E-state index in [4.69, 9.17) is 16.9 Å². The van der Waals surface area contributed by atoms with Gasteiger partial charge in [0.15, 0.2) is 0 Å². The minimum atomic E-state index is -0.563. The number of carbonyl (C=O) groups excluding carboxylic acids is 1. The van der Waals surface area contributed by atoms with Crippen LogP contribution in [-0.4, -0.2) is 5.91 Å². The SMILES string of the molecule is N#C/C(=C/NCc1ccc(F)cc1)C(=O)Nc1ccccc1Cl. The van der Waals surface area contributed by atoms with Gasteiger partial charge in [-0.15, -0.1) is 0 Å². The standard InChI is InChI=1S/C17H13ClFN3O/c18-15-3-1-2-4-16(15)22-17(23)13(9-20)11-21-10-12-5-7-14(19)8-6-12/h1-8,11,21H,10H2,(H,22,23)/b13-11-. The molecule has 2 aromatic carbocycles.